The maximum atomic E-state index is 6.01. The van der Waals surface area contributed by atoms with Crippen molar-refractivity contribution in [3.63, 3.8) is 0 Å². The second kappa shape index (κ2) is 4.56. The molecule has 0 aromatic heterocycles. The lowest BCUT2D eigenvalue weighted by atomic mass is 10.0. The fraction of sp³-hybridized carbons (Fsp3) is 0.600. The van der Waals surface area contributed by atoms with Crippen molar-refractivity contribution >= 4 is 5.69 Å². The summed E-state index contributed by atoms with van der Waals surface area (Å²) in [4.78, 5) is 4.64. The molecule has 100 valence electrons. The van der Waals surface area contributed by atoms with Gasteiger partial charge in [0.1, 0.15) is 0 Å². The summed E-state index contributed by atoms with van der Waals surface area (Å²) in [5.41, 5.74) is 10.2. The van der Waals surface area contributed by atoms with Gasteiger partial charge in [-0.1, -0.05) is 6.07 Å². The number of hydrogen-bond donors (Lipinski definition) is 1. The van der Waals surface area contributed by atoms with Crippen LogP contribution in [0.4, 0.5) is 5.69 Å². The van der Waals surface area contributed by atoms with Gasteiger partial charge in [-0.2, -0.15) is 0 Å². The first kappa shape index (κ1) is 13.4. The van der Waals surface area contributed by atoms with E-state index >= 15 is 0 Å². The minimum atomic E-state index is 0.154. The lowest BCUT2D eigenvalue weighted by Crippen LogP contribution is -2.42. The first-order chi connectivity index (χ1) is 8.34. The highest BCUT2D eigenvalue weighted by Crippen LogP contribution is 2.39. The zero-order valence-electron chi connectivity index (χ0n) is 12.2. The zero-order valence-corrected chi connectivity index (χ0v) is 12.2. The van der Waals surface area contributed by atoms with Crippen molar-refractivity contribution in [1.82, 2.24) is 4.90 Å². The van der Waals surface area contributed by atoms with Gasteiger partial charge in [-0.25, -0.2) is 0 Å². The monoisotopic (exact) mass is 247 g/mol. The van der Waals surface area contributed by atoms with Crippen LogP contribution in [0.1, 0.15) is 37.9 Å². The van der Waals surface area contributed by atoms with Crippen LogP contribution in [0.3, 0.4) is 0 Å². The average molecular weight is 247 g/mol. The molecule has 2 rings (SSSR count). The molecule has 0 saturated carbocycles. The molecule has 1 heterocycles. The molecule has 3 heteroatoms. The minimum Gasteiger partial charge on any atom is -0.378 e. The topological polar surface area (TPSA) is 32.5 Å². The maximum Gasteiger partial charge on any atom is 0.0483 e. The van der Waals surface area contributed by atoms with Crippen LogP contribution < -0.4 is 10.6 Å². The van der Waals surface area contributed by atoms with E-state index in [-0.39, 0.29) is 5.54 Å². The summed E-state index contributed by atoms with van der Waals surface area (Å²) >= 11 is 0. The average Bonchev–Trinajstić information content (AvgIpc) is 2.65. The lowest BCUT2D eigenvalue weighted by molar-refractivity contribution is 0.0948. The van der Waals surface area contributed by atoms with Gasteiger partial charge in [0, 0.05) is 44.5 Å². The van der Waals surface area contributed by atoms with Gasteiger partial charge < -0.3 is 10.6 Å². The molecule has 3 nitrogen and oxygen atoms in total. The first-order valence-electron chi connectivity index (χ1n) is 6.61. The van der Waals surface area contributed by atoms with Crippen molar-refractivity contribution in [2.24, 2.45) is 5.73 Å². The normalized spacial score (nSPS) is 20.0. The van der Waals surface area contributed by atoms with Crippen LogP contribution in [0.5, 0.6) is 0 Å². The molecule has 1 aromatic rings. The molecule has 2 N–H and O–H groups in total. The van der Waals surface area contributed by atoms with Gasteiger partial charge in [0.05, 0.1) is 0 Å². The summed E-state index contributed by atoms with van der Waals surface area (Å²) in [5.74, 6) is 0. The van der Waals surface area contributed by atoms with Gasteiger partial charge in [-0.3, -0.25) is 4.90 Å². The fourth-order valence-electron chi connectivity index (χ4n) is 2.74. The van der Waals surface area contributed by atoms with E-state index < -0.39 is 0 Å². The van der Waals surface area contributed by atoms with Gasteiger partial charge in [0.15, 0.2) is 0 Å². The summed E-state index contributed by atoms with van der Waals surface area (Å²) in [6.45, 7) is 8.47. The molecule has 18 heavy (non-hydrogen) atoms. The van der Waals surface area contributed by atoms with Crippen molar-refractivity contribution in [3.8, 4) is 0 Å². The third-order valence-corrected chi connectivity index (χ3v) is 3.81. The quantitative estimate of drug-likeness (QED) is 0.871. The van der Waals surface area contributed by atoms with Crippen LogP contribution in [0, 0.1) is 0 Å². The highest BCUT2D eigenvalue weighted by molar-refractivity contribution is 5.52. The van der Waals surface area contributed by atoms with Crippen LogP contribution in [0.25, 0.3) is 0 Å². The molecule has 0 aliphatic carbocycles. The Hall–Kier alpha value is -1.06. The molecule has 0 radical (unpaired) electrons. The second-order valence-electron chi connectivity index (χ2n) is 6.33. The third-order valence-electron chi connectivity index (χ3n) is 3.81. The van der Waals surface area contributed by atoms with Crippen LogP contribution in [0.15, 0.2) is 18.2 Å². The highest BCUT2D eigenvalue weighted by atomic mass is 15.2. The Balaban J connectivity index is 2.40. The third kappa shape index (κ3) is 2.25. The Morgan fingerprint density at radius 1 is 1.33 bits per heavy atom. The second-order valence-corrected chi connectivity index (χ2v) is 6.33. The lowest BCUT2D eigenvalue weighted by Gasteiger charge is -2.36. The van der Waals surface area contributed by atoms with Crippen molar-refractivity contribution in [2.45, 2.75) is 38.9 Å². The van der Waals surface area contributed by atoms with Crippen LogP contribution in [-0.2, 0) is 6.54 Å². The molecule has 0 fully saturated rings. The van der Waals surface area contributed by atoms with E-state index in [0.717, 1.165) is 6.54 Å². The van der Waals surface area contributed by atoms with Gasteiger partial charge in [0.2, 0.25) is 0 Å². The van der Waals surface area contributed by atoms with E-state index in [4.69, 9.17) is 5.73 Å². The Kier molecular flexibility index (Phi) is 3.39. The molecule has 1 aliphatic heterocycles. The molecule has 0 amide bonds. The van der Waals surface area contributed by atoms with E-state index in [1.54, 1.807) is 0 Å². The van der Waals surface area contributed by atoms with E-state index in [0.29, 0.717) is 12.6 Å². The van der Waals surface area contributed by atoms with E-state index in [1.807, 2.05) is 0 Å². The molecule has 0 spiro atoms. The minimum absolute atomic E-state index is 0.154. The fourth-order valence-corrected chi connectivity index (χ4v) is 2.74. The summed E-state index contributed by atoms with van der Waals surface area (Å²) in [5, 5.41) is 0. The van der Waals surface area contributed by atoms with E-state index in [1.165, 1.54) is 16.8 Å². The number of hydrogen-bond acceptors (Lipinski definition) is 3. The van der Waals surface area contributed by atoms with Gasteiger partial charge in [-0.15, -0.1) is 0 Å². The maximum absolute atomic E-state index is 6.01. The molecule has 1 aliphatic rings. The molecular weight excluding hydrogens is 222 g/mol. The summed E-state index contributed by atoms with van der Waals surface area (Å²) < 4.78 is 0. The summed E-state index contributed by atoms with van der Waals surface area (Å²) in [6, 6.07) is 7.08. The Labute approximate surface area is 111 Å². The number of nitrogens with zero attached hydrogens (tertiary/aromatic N) is 2. The van der Waals surface area contributed by atoms with Crippen molar-refractivity contribution < 1.29 is 0 Å². The number of benzene rings is 1. The van der Waals surface area contributed by atoms with E-state index in [2.05, 4.69) is 62.9 Å². The van der Waals surface area contributed by atoms with Crippen LogP contribution >= 0.6 is 0 Å². The zero-order chi connectivity index (χ0) is 13.5. The van der Waals surface area contributed by atoms with Crippen LogP contribution in [0.2, 0.25) is 0 Å². The Morgan fingerprint density at radius 3 is 2.50 bits per heavy atom. The molecule has 0 saturated heterocycles. The molecule has 1 aromatic carbocycles. The highest BCUT2D eigenvalue weighted by Gasteiger charge is 2.35. The number of fused-ring (bicyclic) bond motifs is 1. The first-order valence-corrected chi connectivity index (χ1v) is 6.61. The largest absolute Gasteiger partial charge is 0.378 e. The van der Waals surface area contributed by atoms with Gasteiger partial charge >= 0.3 is 0 Å². The number of nitrogens with two attached hydrogens (primary N) is 1. The van der Waals surface area contributed by atoms with Crippen molar-refractivity contribution in [2.75, 3.05) is 25.5 Å². The summed E-state index contributed by atoms with van der Waals surface area (Å²) in [6.07, 6.45) is 0. The van der Waals surface area contributed by atoms with Crippen molar-refractivity contribution in [1.29, 1.82) is 0 Å². The SMILES string of the molecule is CN(C)c1ccc2c(c1)C(CN)N(C(C)(C)C)C2. The molecular formula is C15H25N3. The molecule has 1 unspecified atom stereocenters. The van der Waals surface area contributed by atoms with Crippen molar-refractivity contribution in [3.05, 3.63) is 29.3 Å². The standard InChI is InChI=1S/C15H25N3/c1-15(2,3)18-10-11-6-7-12(17(4)5)8-13(11)14(18)9-16/h6-8,14H,9-10,16H2,1-5H3. The molecule has 1 atom stereocenters. The van der Waals surface area contributed by atoms with Gasteiger partial charge in [-0.05, 0) is 44.0 Å². The van der Waals surface area contributed by atoms with E-state index in [9.17, 15) is 0 Å². The molecule has 0 bridgehead atoms. The Morgan fingerprint density at radius 2 is 2.00 bits per heavy atom. The number of anilines is 1. The van der Waals surface area contributed by atoms with Crippen LogP contribution in [-0.4, -0.2) is 31.1 Å². The summed E-state index contributed by atoms with van der Waals surface area (Å²) in [7, 11) is 4.16. The smallest absolute Gasteiger partial charge is 0.0483 e. The predicted octanol–water partition coefficient (Wildman–Crippen LogP) is 2.37. The Bertz CT molecular complexity index is 432. The number of rotatable bonds is 2. The predicted molar refractivity (Wildman–Crippen MR) is 77.9 cm³/mol. The van der Waals surface area contributed by atoms with Gasteiger partial charge in [0.25, 0.3) is 0 Å².